The van der Waals surface area contributed by atoms with Crippen LogP contribution in [0.1, 0.15) is 47.8 Å². The van der Waals surface area contributed by atoms with E-state index in [4.69, 9.17) is 9.84 Å². The smallest absolute Gasteiger partial charge is 0.336 e. The van der Waals surface area contributed by atoms with Crippen molar-refractivity contribution in [3.05, 3.63) is 100 Å². The van der Waals surface area contributed by atoms with E-state index in [0.29, 0.717) is 5.56 Å². The van der Waals surface area contributed by atoms with E-state index in [1.54, 1.807) is 13.0 Å². The van der Waals surface area contributed by atoms with Gasteiger partial charge in [-0.3, -0.25) is 4.79 Å². The summed E-state index contributed by atoms with van der Waals surface area (Å²) < 4.78 is 5.77. The van der Waals surface area contributed by atoms with Crippen LogP contribution in [0, 0.1) is 6.92 Å². The third-order valence-corrected chi connectivity index (χ3v) is 4.44. The Balaban J connectivity index is 2.02. The quantitative estimate of drug-likeness (QED) is 0.586. The van der Waals surface area contributed by atoms with E-state index < -0.39 is 17.7 Å². The monoisotopic (exact) mass is 390 g/mol. The summed E-state index contributed by atoms with van der Waals surface area (Å²) in [6.07, 6.45) is 0. The van der Waals surface area contributed by atoms with Crippen LogP contribution in [0.15, 0.2) is 66.7 Å². The molecule has 0 bridgehead atoms. The molecule has 0 aliphatic carbocycles. The number of carbonyl (C=O) groups excluding carboxylic acids is 1. The van der Waals surface area contributed by atoms with E-state index in [-0.39, 0.29) is 34.6 Å². The molecule has 0 unspecified atom stereocenters. The average molecular weight is 390 g/mol. The second kappa shape index (κ2) is 8.39. The van der Waals surface area contributed by atoms with E-state index in [1.807, 2.05) is 30.3 Å². The molecule has 146 valence electrons. The molecule has 0 aromatic heterocycles. The highest BCUT2D eigenvalue weighted by Crippen LogP contribution is 2.27. The van der Waals surface area contributed by atoms with Gasteiger partial charge >= 0.3 is 11.9 Å². The van der Waals surface area contributed by atoms with Crippen molar-refractivity contribution in [2.75, 3.05) is 0 Å². The first-order valence-electron chi connectivity index (χ1n) is 8.80. The van der Waals surface area contributed by atoms with E-state index in [9.17, 15) is 19.5 Å². The van der Waals surface area contributed by atoms with Crippen LogP contribution in [0.4, 0.5) is 0 Å². The van der Waals surface area contributed by atoms with Crippen LogP contribution in [-0.2, 0) is 6.61 Å². The van der Waals surface area contributed by atoms with Crippen LogP contribution in [0.25, 0.3) is 0 Å². The van der Waals surface area contributed by atoms with Crippen molar-refractivity contribution < 1.29 is 29.3 Å². The lowest BCUT2D eigenvalue weighted by molar-refractivity contribution is 0.0684. The van der Waals surface area contributed by atoms with Gasteiger partial charge in [0.05, 0.1) is 16.7 Å². The van der Waals surface area contributed by atoms with Crippen molar-refractivity contribution in [2.45, 2.75) is 13.5 Å². The first kappa shape index (κ1) is 19.8. The lowest BCUT2D eigenvalue weighted by Gasteiger charge is -2.14. The number of carbonyl (C=O) groups is 3. The molecule has 0 atom stereocenters. The minimum Gasteiger partial charge on any atom is -0.488 e. The van der Waals surface area contributed by atoms with Crippen LogP contribution in [0.3, 0.4) is 0 Å². The predicted octanol–water partition coefficient (Wildman–Crippen LogP) is 4.20. The Bertz CT molecular complexity index is 1090. The zero-order chi connectivity index (χ0) is 21.0. The Labute approximate surface area is 167 Å². The molecule has 3 aromatic rings. The molecule has 3 rings (SSSR count). The summed E-state index contributed by atoms with van der Waals surface area (Å²) in [5.74, 6) is -2.75. The normalized spacial score (nSPS) is 10.4. The SMILES string of the molecule is Cc1cc(C(=O)c2c(OCc3ccccc3)cccc2C(=O)O)ccc1C(=O)O. The molecular formula is C23H18O6. The van der Waals surface area contributed by atoms with E-state index in [2.05, 4.69) is 0 Å². The molecule has 0 saturated heterocycles. The number of hydrogen-bond donors (Lipinski definition) is 2. The fourth-order valence-electron chi connectivity index (χ4n) is 2.99. The van der Waals surface area contributed by atoms with Gasteiger partial charge in [-0.25, -0.2) is 9.59 Å². The topological polar surface area (TPSA) is 101 Å². The molecule has 0 aliphatic rings. The van der Waals surface area contributed by atoms with Gasteiger partial charge in [-0.1, -0.05) is 42.5 Å². The lowest BCUT2D eigenvalue weighted by Crippen LogP contribution is -2.13. The van der Waals surface area contributed by atoms with E-state index >= 15 is 0 Å². The third-order valence-electron chi connectivity index (χ3n) is 4.44. The maximum atomic E-state index is 13.1. The van der Waals surface area contributed by atoms with E-state index in [0.717, 1.165) is 5.56 Å². The van der Waals surface area contributed by atoms with Crippen molar-refractivity contribution in [2.24, 2.45) is 0 Å². The van der Waals surface area contributed by atoms with Crippen LogP contribution >= 0.6 is 0 Å². The molecule has 0 saturated carbocycles. The summed E-state index contributed by atoms with van der Waals surface area (Å²) >= 11 is 0. The summed E-state index contributed by atoms with van der Waals surface area (Å²) in [6.45, 7) is 1.75. The minimum atomic E-state index is -1.25. The fraction of sp³-hybridized carbons (Fsp3) is 0.0870. The second-order valence-electron chi connectivity index (χ2n) is 6.42. The Hall–Kier alpha value is -3.93. The maximum absolute atomic E-state index is 13.1. The number of carboxylic acid groups (broad SMARTS) is 2. The lowest BCUT2D eigenvalue weighted by atomic mass is 9.95. The van der Waals surface area contributed by atoms with Gasteiger partial charge in [-0.05, 0) is 42.3 Å². The average Bonchev–Trinajstić information content (AvgIpc) is 2.71. The highest BCUT2D eigenvalue weighted by atomic mass is 16.5. The number of carboxylic acids is 2. The second-order valence-corrected chi connectivity index (χ2v) is 6.42. The highest BCUT2D eigenvalue weighted by molar-refractivity contribution is 6.16. The maximum Gasteiger partial charge on any atom is 0.336 e. The Kier molecular flexibility index (Phi) is 5.74. The van der Waals surface area contributed by atoms with Gasteiger partial charge in [0.25, 0.3) is 0 Å². The van der Waals surface area contributed by atoms with Crippen molar-refractivity contribution in [1.29, 1.82) is 0 Å². The Morgan fingerprint density at radius 2 is 1.52 bits per heavy atom. The molecule has 6 nitrogen and oxygen atoms in total. The first-order chi connectivity index (χ1) is 13.9. The molecule has 0 heterocycles. The van der Waals surface area contributed by atoms with Crippen LogP contribution < -0.4 is 4.74 Å². The van der Waals surface area contributed by atoms with Gasteiger partial charge in [0.15, 0.2) is 5.78 Å². The highest BCUT2D eigenvalue weighted by Gasteiger charge is 2.23. The summed E-state index contributed by atoms with van der Waals surface area (Å²) in [6, 6.07) is 17.8. The van der Waals surface area contributed by atoms with Gasteiger partial charge in [-0.15, -0.1) is 0 Å². The molecule has 3 aromatic carbocycles. The fourth-order valence-corrected chi connectivity index (χ4v) is 2.99. The van der Waals surface area contributed by atoms with Gasteiger partial charge in [-0.2, -0.15) is 0 Å². The van der Waals surface area contributed by atoms with Gasteiger partial charge < -0.3 is 14.9 Å². The van der Waals surface area contributed by atoms with Gasteiger partial charge in [0.2, 0.25) is 0 Å². The molecule has 0 amide bonds. The zero-order valence-corrected chi connectivity index (χ0v) is 15.6. The molecular weight excluding hydrogens is 372 g/mol. The summed E-state index contributed by atoms with van der Waals surface area (Å²) in [5, 5.41) is 18.7. The minimum absolute atomic E-state index is 0.0709. The number of ketones is 1. The van der Waals surface area contributed by atoms with Crippen molar-refractivity contribution in [3.63, 3.8) is 0 Å². The number of rotatable bonds is 7. The predicted molar refractivity (Wildman–Crippen MR) is 106 cm³/mol. The number of benzene rings is 3. The van der Waals surface area contributed by atoms with Crippen molar-refractivity contribution >= 4 is 17.7 Å². The largest absolute Gasteiger partial charge is 0.488 e. The molecule has 2 N–H and O–H groups in total. The molecule has 0 fully saturated rings. The number of aromatic carboxylic acids is 2. The van der Waals surface area contributed by atoms with Crippen LogP contribution in [0.2, 0.25) is 0 Å². The third kappa shape index (κ3) is 4.32. The van der Waals surface area contributed by atoms with Crippen molar-refractivity contribution in [3.8, 4) is 5.75 Å². The first-order valence-corrected chi connectivity index (χ1v) is 8.80. The zero-order valence-electron chi connectivity index (χ0n) is 15.6. The number of hydrogen-bond acceptors (Lipinski definition) is 4. The van der Waals surface area contributed by atoms with E-state index in [1.165, 1.54) is 30.3 Å². The number of aryl methyl sites for hydroxylation is 1. The summed E-state index contributed by atoms with van der Waals surface area (Å²) in [5.41, 5.74) is 1.29. The molecule has 29 heavy (non-hydrogen) atoms. The number of ether oxygens (including phenoxy) is 1. The molecule has 6 heteroatoms. The summed E-state index contributed by atoms with van der Waals surface area (Å²) in [4.78, 5) is 36.1. The molecule has 0 radical (unpaired) electrons. The summed E-state index contributed by atoms with van der Waals surface area (Å²) in [7, 11) is 0. The van der Waals surface area contributed by atoms with Gasteiger partial charge in [0.1, 0.15) is 12.4 Å². The van der Waals surface area contributed by atoms with Crippen LogP contribution in [-0.4, -0.2) is 27.9 Å². The molecule has 0 spiro atoms. The van der Waals surface area contributed by atoms with Crippen LogP contribution in [0.5, 0.6) is 5.75 Å². The van der Waals surface area contributed by atoms with Gasteiger partial charge in [0, 0.05) is 5.56 Å². The Morgan fingerprint density at radius 1 is 0.828 bits per heavy atom. The Morgan fingerprint density at radius 3 is 2.14 bits per heavy atom. The standard InChI is InChI=1S/C23H18O6/c1-14-12-16(10-11-17(14)22(25)26)21(24)20-18(23(27)28)8-5-9-19(20)29-13-15-6-3-2-4-7-15/h2-12H,13H2,1H3,(H,25,26)(H,27,28). The van der Waals surface area contributed by atoms with Crippen molar-refractivity contribution in [1.82, 2.24) is 0 Å². The molecule has 0 aliphatic heterocycles.